The monoisotopic (exact) mass is 151 g/mol. The van der Waals surface area contributed by atoms with E-state index in [1.807, 2.05) is 0 Å². The second-order valence-corrected chi connectivity index (χ2v) is 2.52. The Morgan fingerprint density at radius 1 is 1.78 bits per heavy atom. The topological polar surface area (TPSA) is 55.4 Å². The fraction of sp³-hybridized carbons (Fsp3) is 0.750. The largest absolute Gasteiger partial charge is 0.316 e. The summed E-state index contributed by atoms with van der Waals surface area (Å²) >= 11 is 0. The number of rotatable bonds is 3. The zero-order valence-corrected chi connectivity index (χ0v) is 6.43. The molecule has 0 saturated carbocycles. The normalized spacial score (nSPS) is 12.7. The number of nitrogens with one attached hydrogen (secondary N) is 1. The van der Waals surface area contributed by atoms with Gasteiger partial charge < -0.3 is 4.52 Å². The van der Waals surface area contributed by atoms with E-state index in [2.05, 4.69) is 9.61 Å². The van der Waals surface area contributed by atoms with E-state index in [9.17, 15) is 9.36 Å². The van der Waals surface area contributed by atoms with Crippen LogP contribution in [-0.2, 0) is 13.9 Å². The first-order chi connectivity index (χ1) is 4.16. The molecule has 0 fully saturated rings. The highest BCUT2D eigenvalue weighted by atomic mass is 31.1. The number of hydrogen-bond acceptors (Lipinski definition) is 3. The molecule has 0 aromatic rings. The van der Waals surface area contributed by atoms with E-state index < -0.39 is 8.18 Å². The van der Waals surface area contributed by atoms with Gasteiger partial charge in [0.1, 0.15) is 0 Å². The third kappa shape index (κ3) is 5.53. The summed E-state index contributed by atoms with van der Waals surface area (Å²) in [6.07, 6.45) is 0. The highest BCUT2D eigenvalue weighted by Gasteiger charge is 1.96. The van der Waals surface area contributed by atoms with Crippen LogP contribution in [0.25, 0.3) is 0 Å². The maximum atomic E-state index is 10.5. The first-order valence-corrected chi connectivity index (χ1v) is 3.92. The number of carbonyl (C=O) groups excluding carboxylic acids is 1. The highest BCUT2D eigenvalue weighted by molar-refractivity contribution is 7.37. The van der Waals surface area contributed by atoms with Gasteiger partial charge in [0.25, 0.3) is 8.18 Å². The van der Waals surface area contributed by atoms with Crippen LogP contribution >= 0.6 is 8.18 Å². The molecule has 0 aliphatic carbocycles. The van der Waals surface area contributed by atoms with E-state index in [4.69, 9.17) is 0 Å². The Labute approximate surface area is 54.5 Å². The van der Waals surface area contributed by atoms with Crippen LogP contribution in [0.4, 0.5) is 0 Å². The summed E-state index contributed by atoms with van der Waals surface area (Å²) in [5, 5.41) is 2.13. The van der Waals surface area contributed by atoms with Gasteiger partial charge in [0, 0.05) is 6.92 Å². The van der Waals surface area contributed by atoms with Crippen molar-refractivity contribution >= 4 is 14.1 Å². The summed E-state index contributed by atoms with van der Waals surface area (Å²) in [5.74, 6) is -0.327. The summed E-state index contributed by atoms with van der Waals surface area (Å²) < 4.78 is 15.1. The predicted molar refractivity (Wildman–Crippen MR) is 34.4 cm³/mol. The Kier molecular flexibility index (Phi) is 4.36. The van der Waals surface area contributed by atoms with Gasteiger partial charge in [-0.25, -0.2) is 0 Å². The minimum absolute atomic E-state index is 0.327. The van der Waals surface area contributed by atoms with Crippen molar-refractivity contribution in [1.29, 1.82) is 0 Å². The molecule has 9 heavy (non-hydrogen) atoms. The zero-order valence-electron chi connectivity index (χ0n) is 5.43. The third-order valence-electron chi connectivity index (χ3n) is 0.554. The molecule has 4 nitrogen and oxygen atoms in total. The molecule has 54 valence electrons. The average Bonchev–Trinajstić information content (AvgIpc) is 1.63. The number of hydrogen-bond donors (Lipinski definition) is 1. The molecule has 0 aromatic heterocycles. The molecule has 0 aliphatic heterocycles. The van der Waals surface area contributed by atoms with Crippen molar-refractivity contribution in [1.82, 2.24) is 5.09 Å². The van der Waals surface area contributed by atoms with Gasteiger partial charge >= 0.3 is 0 Å². The molecule has 0 heterocycles. The van der Waals surface area contributed by atoms with E-state index in [-0.39, 0.29) is 5.91 Å². The van der Waals surface area contributed by atoms with Crippen LogP contribution in [0.5, 0.6) is 0 Å². The van der Waals surface area contributed by atoms with Crippen molar-refractivity contribution in [2.75, 3.05) is 6.61 Å². The molecule has 1 N–H and O–H groups in total. The van der Waals surface area contributed by atoms with Crippen molar-refractivity contribution in [3.05, 3.63) is 0 Å². The molecule has 0 radical (unpaired) electrons. The lowest BCUT2D eigenvalue weighted by Crippen LogP contribution is -2.10. The molecule has 1 atom stereocenters. The SMILES string of the molecule is CCO[PH](=O)NC(C)=O. The summed E-state index contributed by atoms with van der Waals surface area (Å²) in [4.78, 5) is 10.2. The lowest BCUT2D eigenvalue weighted by Gasteiger charge is -1.99. The maximum Gasteiger partial charge on any atom is 0.284 e. The second-order valence-electron chi connectivity index (χ2n) is 1.40. The van der Waals surface area contributed by atoms with E-state index in [1.54, 1.807) is 6.92 Å². The molecule has 5 heteroatoms. The Morgan fingerprint density at radius 3 is 2.67 bits per heavy atom. The quantitative estimate of drug-likeness (QED) is 0.599. The van der Waals surface area contributed by atoms with Crippen molar-refractivity contribution in [2.45, 2.75) is 13.8 Å². The molecule has 0 aromatic carbocycles. The van der Waals surface area contributed by atoms with Crippen LogP contribution in [0, 0.1) is 0 Å². The second kappa shape index (κ2) is 4.53. The first kappa shape index (κ1) is 8.66. The van der Waals surface area contributed by atoms with Gasteiger partial charge in [-0.15, -0.1) is 0 Å². The fourth-order valence-electron chi connectivity index (χ4n) is 0.311. The Morgan fingerprint density at radius 2 is 2.33 bits per heavy atom. The van der Waals surface area contributed by atoms with Gasteiger partial charge in [0.15, 0.2) is 0 Å². The molecule has 0 saturated heterocycles. The van der Waals surface area contributed by atoms with Gasteiger partial charge in [0.2, 0.25) is 5.91 Å². The molecule has 0 rings (SSSR count). The van der Waals surface area contributed by atoms with Crippen LogP contribution < -0.4 is 5.09 Å². The Hall–Kier alpha value is -0.340. The zero-order chi connectivity index (χ0) is 7.28. The molecule has 1 amide bonds. The van der Waals surface area contributed by atoms with E-state index in [0.717, 1.165) is 0 Å². The summed E-state index contributed by atoms with van der Waals surface area (Å²) in [7, 11) is -2.29. The fourth-order valence-corrected chi connectivity index (χ4v) is 0.933. The highest BCUT2D eigenvalue weighted by Crippen LogP contribution is 2.14. The molecule has 1 unspecified atom stereocenters. The molecular weight excluding hydrogens is 141 g/mol. The molecule has 0 spiro atoms. The smallest absolute Gasteiger partial charge is 0.284 e. The van der Waals surface area contributed by atoms with Gasteiger partial charge in [-0.3, -0.25) is 14.4 Å². The summed E-state index contributed by atoms with van der Waals surface area (Å²) in [5.41, 5.74) is 0. The minimum atomic E-state index is -2.29. The molecular formula is C4H10NO3P. The van der Waals surface area contributed by atoms with Gasteiger partial charge in [0.05, 0.1) is 6.61 Å². The van der Waals surface area contributed by atoms with Gasteiger partial charge in [-0.1, -0.05) is 0 Å². The lowest BCUT2D eigenvalue weighted by molar-refractivity contribution is -0.117. The maximum absolute atomic E-state index is 10.5. The van der Waals surface area contributed by atoms with Crippen LogP contribution in [0.1, 0.15) is 13.8 Å². The van der Waals surface area contributed by atoms with Crippen molar-refractivity contribution in [3.63, 3.8) is 0 Å². The van der Waals surface area contributed by atoms with E-state index in [1.165, 1.54) is 6.92 Å². The summed E-state index contributed by atoms with van der Waals surface area (Å²) in [6.45, 7) is 3.37. The summed E-state index contributed by atoms with van der Waals surface area (Å²) in [6, 6.07) is 0. The van der Waals surface area contributed by atoms with Crippen LogP contribution in [0.3, 0.4) is 0 Å². The minimum Gasteiger partial charge on any atom is -0.316 e. The lowest BCUT2D eigenvalue weighted by atomic mass is 10.8. The van der Waals surface area contributed by atoms with Crippen LogP contribution in [0.15, 0.2) is 0 Å². The van der Waals surface area contributed by atoms with Crippen molar-refractivity contribution in [3.8, 4) is 0 Å². The Balaban J connectivity index is 3.39. The van der Waals surface area contributed by atoms with Crippen molar-refractivity contribution < 1.29 is 13.9 Å². The first-order valence-electron chi connectivity index (χ1n) is 2.61. The van der Waals surface area contributed by atoms with E-state index >= 15 is 0 Å². The molecule has 0 bridgehead atoms. The predicted octanol–water partition coefficient (Wildman–Crippen LogP) is 0.549. The van der Waals surface area contributed by atoms with Gasteiger partial charge in [-0.05, 0) is 6.92 Å². The third-order valence-corrected chi connectivity index (χ3v) is 1.66. The van der Waals surface area contributed by atoms with E-state index in [0.29, 0.717) is 6.61 Å². The van der Waals surface area contributed by atoms with Gasteiger partial charge in [-0.2, -0.15) is 0 Å². The number of carbonyl (C=O) groups is 1. The van der Waals surface area contributed by atoms with Crippen LogP contribution in [-0.4, -0.2) is 12.5 Å². The molecule has 0 aliphatic rings. The average molecular weight is 151 g/mol. The standard InChI is InChI=1S/C4H10NO3P/c1-3-8-9(7)5-4(2)6/h9H,3H2,1-2H3,(H,5,6,7). The van der Waals surface area contributed by atoms with Crippen LogP contribution in [0.2, 0.25) is 0 Å². The Bertz CT molecular complexity index is 125. The number of amides is 1. The van der Waals surface area contributed by atoms with Crippen molar-refractivity contribution in [2.24, 2.45) is 0 Å².